The van der Waals surface area contributed by atoms with Crippen LogP contribution in [0.2, 0.25) is 0 Å². The molecule has 2 fully saturated rings. The first-order valence-corrected chi connectivity index (χ1v) is 17.1. The van der Waals surface area contributed by atoms with E-state index in [1.54, 1.807) is 12.1 Å². The average Bonchev–Trinajstić information content (AvgIpc) is 3.03. The van der Waals surface area contributed by atoms with Gasteiger partial charge in [0.2, 0.25) is 0 Å². The van der Waals surface area contributed by atoms with E-state index in [-0.39, 0.29) is 23.0 Å². The zero-order valence-corrected chi connectivity index (χ0v) is 29.1. The third-order valence-corrected chi connectivity index (χ3v) is 10.2. The van der Waals surface area contributed by atoms with Gasteiger partial charge in [-0.2, -0.15) is 0 Å². The molecule has 44 heavy (non-hydrogen) atoms. The second-order valence-electron chi connectivity index (χ2n) is 13.7. The molecule has 0 aromatic heterocycles. The summed E-state index contributed by atoms with van der Waals surface area (Å²) >= 11 is 0. The fourth-order valence-corrected chi connectivity index (χ4v) is 6.13. The summed E-state index contributed by atoms with van der Waals surface area (Å²) in [7, 11) is 0. The Bertz CT molecular complexity index is 1140. The summed E-state index contributed by atoms with van der Waals surface area (Å²) in [6.45, 7) is 18.4. The number of carbonyl (C=O) groups is 2. The molecule has 2 aliphatic rings. The number of rotatable bonds is 9. The topological polar surface area (TPSA) is 72.8 Å². The van der Waals surface area contributed by atoms with E-state index in [9.17, 15) is 9.59 Å². The van der Waals surface area contributed by atoms with Gasteiger partial charge < -0.3 is 14.6 Å². The van der Waals surface area contributed by atoms with E-state index in [1.807, 2.05) is 50.2 Å². The van der Waals surface area contributed by atoms with Crippen molar-refractivity contribution < 1.29 is 24.2 Å². The van der Waals surface area contributed by atoms with E-state index in [0.717, 1.165) is 38.0 Å². The van der Waals surface area contributed by atoms with Gasteiger partial charge in [-0.05, 0) is 124 Å². The van der Waals surface area contributed by atoms with Gasteiger partial charge in [-0.3, -0.25) is 9.59 Å². The van der Waals surface area contributed by atoms with Crippen LogP contribution < -0.4 is 4.74 Å². The first-order chi connectivity index (χ1) is 20.8. The molecule has 0 spiro atoms. The molecule has 0 heterocycles. The molecule has 0 amide bonds. The molecule has 5 nitrogen and oxygen atoms in total. The Morgan fingerprint density at radius 3 is 1.91 bits per heavy atom. The minimum atomic E-state index is -0.340. The SMILES string of the molecule is CCC(C)(C)C(=O)OC1(CC)CCC2CCCC1C2.CCC(C)c1ccc(O)cc1.CCC(C)c1ccc(OC(C)=O)cc1. The van der Waals surface area contributed by atoms with E-state index >= 15 is 0 Å². The molecule has 0 aliphatic heterocycles. The number of hydrogen-bond acceptors (Lipinski definition) is 5. The molecule has 4 rings (SSSR count). The lowest BCUT2D eigenvalue weighted by molar-refractivity contribution is -0.187. The number of hydrogen-bond donors (Lipinski definition) is 1. The summed E-state index contributed by atoms with van der Waals surface area (Å²) in [4.78, 5) is 23.1. The van der Waals surface area contributed by atoms with Crippen molar-refractivity contribution >= 4 is 11.9 Å². The Hall–Kier alpha value is -2.82. The molecule has 246 valence electrons. The minimum Gasteiger partial charge on any atom is -0.508 e. The van der Waals surface area contributed by atoms with Crippen molar-refractivity contribution in [2.45, 2.75) is 144 Å². The molecule has 5 atom stereocenters. The third-order valence-electron chi connectivity index (χ3n) is 10.2. The lowest BCUT2D eigenvalue weighted by Crippen LogP contribution is -2.49. The van der Waals surface area contributed by atoms with Gasteiger partial charge in [0.15, 0.2) is 0 Å². The van der Waals surface area contributed by atoms with Gasteiger partial charge in [-0.1, -0.05) is 78.6 Å². The number of carbonyl (C=O) groups excluding carboxylic acids is 2. The second-order valence-corrected chi connectivity index (χ2v) is 13.7. The Morgan fingerprint density at radius 1 is 0.886 bits per heavy atom. The molecule has 5 heteroatoms. The van der Waals surface area contributed by atoms with Gasteiger partial charge in [-0.25, -0.2) is 0 Å². The van der Waals surface area contributed by atoms with E-state index < -0.39 is 0 Å². The van der Waals surface area contributed by atoms with Crippen molar-refractivity contribution in [3.8, 4) is 11.5 Å². The average molecular weight is 609 g/mol. The highest BCUT2D eigenvalue weighted by molar-refractivity contribution is 5.76. The van der Waals surface area contributed by atoms with Gasteiger partial charge in [0.05, 0.1) is 5.41 Å². The predicted molar refractivity (Wildman–Crippen MR) is 181 cm³/mol. The quantitative estimate of drug-likeness (QED) is 0.226. The lowest BCUT2D eigenvalue weighted by atomic mass is 9.63. The normalized spacial score (nSPS) is 22.2. The van der Waals surface area contributed by atoms with Crippen LogP contribution in [0.3, 0.4) is 0 Å². The molecule has 2 aliphatic carbocycles. The Morgan fingerprint density at radius 2 is 1.43 bits per heavy atom. The van der Waals surface area contributed by atoms with Crippen LogP contribution in [-0.4, -0.2) is 22.6 Å². The fourth-order valence-electron chi connectivity index (χ4n) is 6.13. The maximum atomic E-state index is 12.5. The number of ether oxygens (including phenoxy) is 2. The Kier molecular flexibility index (Phi) is 15.0. The minimum absolute atomic E-state index is 0.0147. The lowest BCUT2D eigenvalue weighted by Gasteiger charge is -2.49. The third kappa shape index (κ3) is 11.0. The number of aromatic hydroxyl groups is 1. The van der Waals surface area contributed by atoms with Gasteiger partial charge in [-0.15, -0.1) is 0 Å². The van der Waals surface area contributed by atoms with Crippen molar-refractivity contribution in [1.82, 2.24) is 0 Å². The second kappa shape index (κ2) is 17.6. The zero-order valence-electron chi connectivity index (χ0n) is 29.1. The molecular weight excluding hydrogens is 548 g/mol. The van der Waals surface area contributed by atoms with Gasteiger partial charge in [0.1, 0.15) is 17.1 Å². The van der Waals surface area contributed by atoms with E-state index in [2.05, 4.69) is 41.5 Å². The van der Waals surface area contributed by atoms with E-state index in [4.69, 9.17) is 14.6 Å². The predicted octanol–water partition coefficient (Wildman–Crippen LogP) is 10.7. The van der Waals surface area contributed by atoms with Crippen LogP contribution in [0.25, 0.3) is 0 Å². The highest BCUT2D eigenvalue weighted by atomic mass is 16.6. The molecule has 0 saturated heterocycles. The van der Waals surface area contributed by atoms with Gasteiger partial charge in [0, 0.05) is 6.92 Å². The van der Waals surface area contributed by atoms with Crippen LogP contribution in [-0.2, 0) is 14.3 Å². The van der Waals surface area contributed by atoms with Crippen LogP contribution in [0, 0.1) is 17.3 Å². The van der Waals surface area contributed by atoms with Crippen LogP contribution in [0.15, 0.2) is 48.5 Å². The smallest absolute Gasteiger partial charge is 0.312 e. The van der Waals surface area contributed by atoms with Gasteiger partial charge >= 0.3 is 11.9 Å². The molecule has 5 unspecified atom stereocenters. The first-order valence-electron chi connectivity index (χ1n) is 17.1. The Balaban J connectivity index is 0.000000240. The van der Waals surface area contributed by atoms with Gasteiger partial charge in [0.25, 0.3) is 0 Å². The molecule has 2 aromatic carbocycles. The Labute approximate surface area is 268 Å². The van der Waals surface area contributed by atoms with Crippen molar-refractivity contribution in [2.75, 3.05) is 0 Å². The largest absolute Gasteiger partial charge is 0.508 e. The summed E-state index contributed by atoms with van der Waals surface area (Å²) in [5, 5.41) is 9.01. The maximum absolute atomic E-state index is 12.5. The first kappa shape index (κ1) is 37.4. The molecule has 2 saturated carbocycles. The summed E-state index contributed by atoms with van der Waals surface area (Å²) < 4.78 is 11.1. The van der Waals surface area contributed by atoms with Crippen molar-refractivity contribution in [2.24, 2.45) is 17.3 Å². The number of phenolic OH excluding ortho intramolecular Hbond substituents is 1. The zero-order chi connectivity index (χ0) is 32.9. The van der Waals surface area contributed by atoms with Crippen molar-refractivity contribution in [3.05, 3.63) is 59.7 Å². The number of fused-ring (bicyclic) bond motifs is 2. The summed E-state index contributed by atoms with van der Waals surface area (Å²) in [6.07, 6.45) is 11.7. The number of phenols is 1. The van der Waals surface area contributed by atoms with E-state index in [0.29, 0.717) is 29.3 Å². The van der Waals surface area contributed by atoms with Crippen LogP contribution in [0.4, 0.5) is 0 Å². The van der Waals surface area contributed by atoms with Crippen LogP contribution >= 0.6 is 0 Å². The highest BCUT2D eigenvalue weighted by Gasteiger charge is 2.48. The van der Waals surface area contributed by atoms with Crippen molar-refractivity contribution in [1.29, 1.82) is 0 Å². The van der Waals surface area contributed by atoms with Crippen LogP contribution in [0.1, 0.15) is 149 Å². The molecule has 0 radical (unpaired) electrons. The molecular formula is C39H60O5. The summed E-state index contributed by atoms with van der Waals surface area (Å²) in [6, 6.07) is 15.1. The summed E-state index contributed by atoms with van der Waals surface area (Å²) in [5.74, 6) is 3.36. The number of benzene rings is 2. The standard InChI is InChI=1S/C17H30O2.C12H16O2.C10H14O/c1-5-16(3,4)15(18)19-17(6-2)11-10-13-8-7-9-14(17)12-13;1-4-9(2)11-5-7-12(8-6-11)14-10(3)13;1-3-8(2)9-4-6-10(11)7-5-9/h13-14H,5-12H2,1-4H3;5-9H,4H2,1-3H3;4-8,11H,3H2,1-2H3. The highest BCUT2D eigenvalue weighted by Crippen LogP contribution is 2.49. The summed E-state index contributed by atoms with van der Waals surface area (Å²) in [5.41, 5.74) is 2.09. The number of esters is 2. The molecule has 2 bridgehead atoms. The van der Waals surface area contributed by atoms with Crippen LogP contribution in [0.5, 0.6) is 11.5 Å². The molecule has 1 N–H and O–H groups in total. The van der Waals surface area contributed by atoms with E-state index in [1.165, 1.54) is 50.2 Å². The fraction of sp³-hybridized carbons (Fsp3) is 0.641. The molecule has 2 aromatic rings. The maximum Gasteiger partial charge on any atom is 0.312 e. The monoisotopic (exact) mass is 608 g/mol. The van der Waals surface area contributed by atoms with Crippen molar-refractivity contribution in [3.63, 3.8) is 0 Å².